The highest BCUT2D eigenvalue weighted by Gasteiger charge is 2.17. The summed E-state index contributed by atoms with van der Waals surface area (Å²) < 4.78 is 0. The van der Waals surface area contributed by atoms with Gasteiger partial charge in [0.05, 0.1) is 16.8 Å². The van der Waals surface area contributed by atoms with Crippen LogP contribution in [0.25, 0.3) is 0 Å². The van der Waals surface area contributed by atoms with Crippen molar-refractivity contribution in [2.45, 2.75) is 26.2 Å². The van der Waals surface area contributed by atoms with Gasteiger partial charge in [-0.1, -0.05) is 20.8 Å². The number of aromatic hydroxyl groups is 1. The van der Waals surface area contributed by atoms with Crippen molar-refractivity contribution >= 4 is 28.4 Å². The lowest BCUT2D eigenvalue weighted by Gasteiger charge is -2.13. The number of phenolic OH excluding ortho intramolecular Hbond substituents is 1. The number of rotatable bonds is 4. The summed E-state index contributed by atoms with van der Waals surface area (Å²) in [5.74, 6) is -0.0781. The lowest BCUT2D eigenvalue weighted by molar-refractivity contribution is -0.384. The van der Waals surface area contributed by atoms with Gasteiger partial charge in [-0.25, -0.2) is 4.98 Å². The van der Waals surface area contributed by atoms with Gasteiger partial charge < -0.3 is 5.11 Å². The van der Waals surface area contributed by atoms with E-state index < -0.39 is 4.92 Å². The maximum absolute atomic E-state index is 10.7. The van der Waals surface area contributed by atoms with Crippen molar-refractivity contribution in [3.8, 4) is 5.75 Å². The number of hydrogen-bond donors (Lipinski definition) is 2. The van der Waals surface area contributed by atoms with E-state index >= 15 is 0 Å². The zero-order valence-electron chi connectivity index (χ0n) is 12.4. The Morgan fingerprint density at radius 3 is 2.77 bits per heavy atom. The quantitative estimate of drug-likeness (QED) is 0.510. The number of anilines is 1. The zero-order valence-corrected chi connectivity index (χ0v) is 13.2. The molecular formula is C14H16N4O3S. The van der Waals surface area contributed by atoms with E-state index in [0.717, 1.165) is 5.69 Å². The number of benzene rings is 1. The molecule has 7 nitrogen and oxygen atoms in total. The van der Waals surface area contributed by atoms with Gasteiger partial charge in [0.15, 0.2) is 0 Å². The maximum atomic E-state index is 10.7. The van der Waals surface area contributed by atoms with Crippen LogP contribution in [-0.4, -0.2) is 21.2 Å². The topological polar surface area (TPSA) is 101 Å². The SMILES string of the molecule is CC(C)(C)c1csc(N/N=C\c2cc([N+](=O)[O-])ccc2O)n1. The summed E-state index contributed by atoms with van der Waals surface area (Å²) in [6.45, 7) is 6.20. The van der Waals surface area contributed by atoms with E-state index in [2.05, 4.69) is 36.3 Å². The number of aromatic nitrogens is 1. The first kappa shape index (κ1) is 15.9. The van der Waals surface area contributed by atoms with Crippen LogP contribution >= 0.6 is 11.3 Å². The summed E-state index contributed by atoms with van der Waals surface area (Å²) in [7, 11) is 0. The standard InChI is InChI=1S/C14H16N4O3S/c1-14(2,3)12-8-22-13(16-12)17-15-7-9-6-10(18(20)21)4-5-11(9)19/h4-8,19H,1-3H3,(H,16,17)/b15-7-. The molecule has 0 bridgehead atoms. The number of nitro benzene ring substituents is 1. The van der Waals surface area contributed by atoms with E-state index in [1.165, 1.54) is 35.8 Å². The van der Waals surface area contributed by atoms with E-state index in [-0.39, 0.29) is 22.4 Å². The van der Waals surface area contributed by atoms with Gasteiger partial charge in [0.25, 0.3) is 5.69 Å². The van der Waals surface area contributed by atoms with Gasteiger partial charge in [-0.05, 0) is 6.07 Å². The molecule has 1 aromatic heterocycles. The Hall–Kier alpha value is -2.48. The van der Waals surface area contributed by atoms with Crippen LogP contribution in [-0.2, 0) is 5.41 Å². The van der Waals surface area contributed by atoms with E-state index in [1.807, 2.05) is 5.38 Å². The fourth-order valence-electron chi connectivity index (χ4n) is 1.59. The minimum Gasteiger partial charge on any atom is -0.507 e. The Labute approximate surface area is 131 Å². The first-order valence-corrected chi connectivity index (χ1v) is 7.38. The fourth-order valence-corrected chi connectivity index (χ4v) is 2.47. The normalized spacial score (nSPS) is 11.8. The number of hydrogen-bond acceptors (Lipinski definition) is 7. The molecule has 0 aliphatic rings. The summed E-state index contributed by atoms with van der Waals surface area (Å²) in [6, 6.07) is 3.75. The summed E-state index contributed by atoms with van der Waals surface area (Å²) in [6.07, 6.45) is 1.32. The van der Waals surface area contributed by atoms with E-state index in [9.17, 15) is 15.2 Å². The molecule has 0 fully saturated rings. The first-order chi connectivity index (χ1) is 10.3. The highest BCUT2D eigenvalue weighted by atomic mass is 32.1. The highest BCUT2D eigenvalue weighted by molar-refractivity contribution is 7.13. The van der Waals surface area contributed by atoms with Crippen molar-refractivity contribution < 1.29 is 10.0 Å². The maximum Gasteiger partial charge on any atom is 0.270 e. The Morgan fingerprint density at radius 2 is 2.18 bits per heavy atom. The smallest absolute Gasteiger partial charge is 0.270 e. The van der Waals surface area contributed by atoms with E-state index in [0.29, 0.717) is 5.13 Å². The van der Waals surface area contributed by atoms with Crippen LogP contribution in [0.1, 0.15) is 32.0 Å². The van der Waals surface area contributed by atoms with Crippen LogP contribution in [0, 0.1) is 10.1 Å². The van der Waals surface area contributed by atoms with Crippen molar-refractivity contribution in [3.63, 3.8) is 0 Å². The number of nitrogens with zero attached hydrogens (tertiary/aromatic N) is 3. The van der Waals surface area contributed by atoms with Crippen LogP contribution < -0.4 is 5.43 Å². The lowest BCUT2D eigenvalue weighted by Crippen LogP contribution is -2.11. The second-order valence-electron chi connectivity index (χ2n) is 5.66. The molecule has 22 heavy (non-hydrogen) atoms. The van der Waals surface area contributed by atoms with Gasteiger partial charge in [0.2, 0.25) is 5.13 Å². The molecule has 2 rings (SSSR count). The first-order valence-electron chi connectivity index (χ1n) is 6.50. The van der Waals surface area contributed by atoms with Gasteiger partial charge in [-0.15, -0.1) is 11.3 Å². The monoisotopic (exact) mass is 320 g/mol. The minimum absolute atomic E-state index is 0.0432. The third-order valence-electron chi connectivity index (χ3n) is 2.86. The van der Waals surface area contributed by atoms with Gasteiger partial charge in [-0.3, -0.25) is 15.5 Å². The average Bonchev–Trinajstić information content (AvgIpc) is 2.89. The molecule has 0 unspecified atom stereocenters. The number of thiazole rings is 1. The van der Waals surface area contributed by atoms with Crippen LogP contribution in [0.5, 0.6) is 5.75 Å². The highest BCUT2D eigenvalue weighted by Crippen LogP contribution is 2.26. The summed E-state index contributed by atoms with van der Waals surface area (Å²) >= 11 is 1.42. The zero-order chi connectivity index (χ0) is 16.3. The van der Waals surface area contributed by atoms with Crippen molar-refractivity contribution in [2.75, 3.05) is 5.43 Å². The van der Waals surface area contributed by atoms with Gasteiger partial charge in [0.1, 0.15) is 5.75 Å². The number of nitrogens with one attached hydrogen (secondary N) is 1. The number of non-ortho nitro benzene ring substituents is 1. The fraction of sp³-hybridized carbons (Fsp3) is 0.286. The average molecular weight is 320 g/mol. The minimum atomic E-state index is -0.527. The molecule has 2 aromatic rings. The molecule has 1 heterocycles. The van der Waals surface area contributed by atoms with E-state index in [1.54, 1.807) is 0 Å². The largest absolute Gasteiger partial charge is 0.507 e. The molecule has 0 amide bonds. The molecule has 8 heteroatoms. The Balaban J connectivity index is 2.11. The number of hydrazone groups is 1. The second-order valence-corrected chi connectivity index (χ2v) is 6.52. The second kappa shape index (κ2) is 6.10. The summed E-state index contributed by atoms with van der Waals surface area (Å²) in [5, 5.41) is 26.9. The molecule has 0 aliphatic carbocycles. The van der Waals surface area contributed by atoms with Crippen molar-refractivity contribution in [2.24, 2.45) is 5.10 Å². The van der Waals surface area contributed by atoms with E-state index in [4.69, 9.17) is 0 Å². The molecule has 0 radical (unpaired) electrons. The van der Waals surface area contributed by atoms with Crippen molar-refractivity contribution in [1.29, 1.82) is 0 Å². The lowest BCUT2D eigenvalue weighted by atomic mass is 9.93. The summed E-state index contributed by atoms with van der Waals surface area (Å²) in [4.78, 5) is 14.6. The third kappa shape index (κ3) is 3.79. The Bertz CT molecular complexity index is 719. The third-order valence-corrected chi connectivity index (χ3v) is 3.61. The predicted molar refractivity (Wildman–Crippen MR) is 86.8 cm³/mol. The molecule has 0 aliphatic heterocycles. The Kier molecular flexibility index (Phi) is 4.41. The molecule has 0 spiro atoms. The molecule has 0 saturated carbocycles. The van der Waals surface area contributed by atoms with Gasteiger partial charge >= 0.3 is 0 Å². The predicted octanol–water partition coefficient (Wildman–Crippen LogP) is 3.50. The molecule has 1 aromatic carbocycles. The Morgan fingerprint density at radius 1 is 1.45 bits per heavy atom. The van der Waals surface area contributed by atoms with Gasteiger partial charge in [0, 0.05) is 28.5 Å². The molecule has 0 atom stereocenters. The number of nitro groups is 1. The van der Waals surface area contributed by atoms with Crippen LogP contribution in [0.15, 0.2) is 28.7 Å². The van der Waals surface area contributed by atoms with Crippen LogP contribution in [0.2, 0.25) is 0 Å². The molecule has 0 saturated heterocycles. The van der Waals surface area contributed by atoms with Crippen molar-refractivity contribution in [1.82, 2.24) is 4.98 Å². The number of phenols is 1. The molecule has 116 valence electrons. The van der Waals surface area contributed by atoms with Crippen molar-refractivity contribution in [3.05, 3.63) is 45.0 Å². The van der Waals surface area contributed by atoms with Crippen LogP contribution in [0.4, 0.5) is 10.8 Å². The molecule has 2 N–H and O–H groups in total. The van der Waals surface area contributed by atoms with Gasteiger partial charge in [-0.2, -0.15) is 5.10 Å². The summed E-state index contributed by atoms with van der Waals surface area (Å²) in [5.41, 5.74) is 3.82. The molecular weight excluding hydrogens is 304 g/mol. The van der Waals surface area contributed by atoms with Crippen LogP contribution in [0.3, 0.4) is 0 Å².